The molecular weight excluding hydrogens is 322 g/mol. The predicted molar refractivity (Wildman–Crippen MR) is 108 cm³/mol. The quantitative estimate of drug-likeness (QED) is 0.373. The van der Waals surface area contributed by atoms with Crippen molar-refractivity contribution in [2.45, 2.75) is 26.3 Å². The molecule has 2 N–H and O–H groups in total. The van der Waals surface area contributed by atoms with Crippen molar-refractivity contribution < 1.29 is 0 Å². The molecule has 0 aliphatic heterocycles. The predicted octanol–water partition coefficient (Wildman–Crippen LogP) is 3.22. The fraction of sp³-hybridized carbons (Fsp3) is 0.333. The van der Waals surface area contributed by atoms with E-state index in [2.05, 4.69) is 70.1 Å². The average molecular weight is 349 g/mol. The number of aryl methyl sites for hydroxylation is 1. The normalized spacial score (nSPS) is 11.7. The van der Waals surface area contributed by atoms with Crippen molar-refractivity contribution in [2.24, 2.45) is 4.99 Å². The molecule has 0 saturated carbocycles. The molecule has 0 aliphatic rings. The van der Waals surface area contributed by atoms with Crippen molar-refractivity contribution >= 4 is 16.7 Å². The second kappa shape index (κ2) is 9.61. The highest BCUT2D eigenvalue weighted by Gasteiger charge is 2.00. The number of fused-ring (bicyclic) bond motifs is 1. The fourth-order valence-electron chi connectivity index (χ4n) is 2.92. The average Bonchev–Trinajstić information content (AvgIpc) is 3.18. The zero-order chi connectivity index (χ0) is 18.0. The van der Waals surface area contributed by atoms with Gasteiger partial charge in [-0.2, -0.15) is 5.10 Å². The molecule has 2 aromatic carbocycles. The second-order valence-corrected chi connectivity index (χ2v) is 6.24. The summed E-state index contributed by atoms with van der Waals surface area (Å²) in [5, 5.41) is 13.5. The summed E-state index contributed by atoms with van der Waals surface area (Å²) in [6.45, 7) is 5.49. The van der Waals surface area contributed by atoms with E-state index in [1.807, 2.05) is 23.1 Å². The van der Waals surface area contributed by atoms with Crippen molar-refractivity contribution in [3.05, 3.63) is 66.5 Å². The van der Waals surface area contributed by atoms with Gasteiger partial charge in [0.1, 0.15) is 0 Å². The molecule has 3 rings (SSSR count). The Morgan fingerprint density at radius 1 is 1.08 bits per heavy atom. The lowest BCUT2D eigenvalue weighted by Crippen LogP contribution is -2.38. The fourth-order valence-corrected chi connectivity index (χ4v) is 2.92. The van der Waals surface area contributed by atoms with Gasteiger partial charge in [-0.25, -0.2) is 0 Å². The number of aliphatic imine (C=N–C) groups is 1. The third kappa shape index (κ3) is 5.34. The minimum atomic E-state index is 0.783. The number of nitrogens with one attached hydrogen (secondary N) is 2. The molecule has 0 spiro atoms. The van der Waals surface area contributed by atoms with E-state index in [9.17, 15) is 0 Å². The van der Waals surface area contributed by atoms with E-state index < -0.39 is 0 Å². The maximum atomic E-state index is 4.65. The highest BCUT2D eigenvalue weighted by Crippen LogP contribution is 2.15. The summed E-state index contributed by atoms with van der Waals surface area (Å²) in [5.74, 6) is 0.883. The molecule has 0 fully saturated rings. The molecule has 0 atom stereocenters. The lowest BCUT2D eigenvalue weighted by molar-refractivity contribution is 0.584. The Bertz CT molecular complexity index is 823. The van der Waals surface area contributed by atoms with Crippen LogP contribution in [0, 0.1) is 0 Å². The van der Waals surface area contributed by atoms with E-state index in [4.69, 9.17) is 0 Å². The minimum absolute atomic E-state index is 0.783. The number of aromatic nitrogens is 2. The van der Waals surface area contributed by atoms with Gasteiger partial charge in [-0.05, 0) is 42.2 Å². The van der Waals surface area contributed by atoms with E-state index in [0.717, 1.165) is 45.0 Å². The standard InChI is InChI=1S/C21H27N5/c1-2-22-21(23-12-5-15-26-16-6-13-25-26)24-14-11-18-9-10-19-7-3-4-8-20(19)17-18/h3-4,6-10,13,16-17H,2,5,11-12,14-15H2,1H3,(H2,22,23,24). The Balaban J connectivity index is 1.46. The van der Waals surface area contributed by atoms with Crippen molar-refractivity contribution in [1.29, 1.82) is 0 Å². The number of rotatable bonds is 8. The summed E-state index contributed by atoms with van der Waals surface area (Å²) in [6.07, 6.45) is 5.74. The van der Waals surface area contributed by atoms with Gasteiger partial charge < -0.3 is 10.6 Å². The molecular formula is C21H27N5. The van der Waals surface area contributed by atoms with Gasteiger partial charge in [0.25, 0.3) is 0 Å². The number of hydrogen-bond donors (Lipinski definition) is 2. The Kier molecular flexibility index (Phi) is 6.65. The molecule has 1 aromatic heterocycles. The summed E-state index contributed by atoms with van der Waals surface area (Å²) in [4.78, 5) is 4.65. The Hall–Kier alpha value is -2.82. The number of guanidine groups is 1. The Morgan fingerprint density at radius 2 is 1.96 bits per heavy atom. The number of benzene rings is 2. The summed E-state index contributed by atoms with van der Waals surface area (Å²) < 4.78 is 1.94. The molecule has 5 heteroatoms. The molecule has 0 unspecified atom stereocenters. The zero-order valence-corrected chi connectivity index (χ0v) is 15.4. The lowest BCUT2D eigenvalue weighted by Gasteiger charge is -2.11. The van der Waals surface area contributed by atoms with Crippen LogP contribution >= 0.6 is 0 Å². The maximum absolute atomic E-state index is 4.65. The molecule has 5 nitrogen and oxygen atoms in total. The van der Waals surface area contributed by atoms with Crippen LogP contribution in [-0.2, 0) is 13.0 Å². The van der Waals surface area contributed by atoms with Crippen LogP contribution in [0.3, 0.4) is 0 Å². The van der Waals surface area contributed by atoms with Crippen molar-refractivity contribution in [3.8, 4) is 0 Å². The molecule has 0 amide bonds. The van der Waals surface area contributed by atoms with Crippen LogP contribution in [0.4, 0.5) is 0 Å². The van der Waals surface area contributed by atoms with Gasteiger partial charge in [-0.1, -0.05) is 42.5 Å². The molecule has 136 valence electrons. The van der Waals surface area contributed by atoms with E-state index in [1.165, 1.54) is 16.3 Å². The third-order valence-corrected chi connectivity index (χ3v) is 4.24. The zero-order valence-electron chi connectivity index (χ0n) is 15.4. The second-order valence-electron chi connectivity index (χ2n) is 6.24. The van der Waals surface area contributed by atoms with Crippen LogP contribution in [0.25, 0.3) is 10.8 Å². The van der Waals surface area contributed by atoms with E-state index in [-0.39, 0.29) is 0 Å². The summed E-state index contributed by atoms with van der Waals surface area (Å²) in [6, 6.07) is 17.1. The molecule has 0 aliphatic carbocycles. The first-order chi connectivity index (χ1) is 12.8. The van der Waals surface area contributed by atoms with Gasteiger partial charge in [-0.15, -0.1) is 0 Å². The van der Waals surface area contributed by atoms with Gasteiger partial charge in [0.2, 0.25) is 0 Å². The van der Waals surface area contributed by atoms with Gasteiger partial charge in [-0.3, -0.25) is 9.67 Å². The SMILES string of the molecule is CCNC(=NCCCn1cccn1)NCCc1ccc2ccccc2c1. The van der Waals surface area contributed by atoms with Crippen LogP contribution < -0.4 is 10.6 Å². The van der Waals surface area contributed by atoms with Gasteiger partial charge in [0.15, 0.2) is 5.96 Å². The Labute approximate surface area is 155 Å². The highest BCUT2D eigenvalue weighted by atomic mass is 15.3. The molecule has 3 aromatic rings. The van der Waals surface area contributed by atoms with Gasteiger partial charge >= 0.3 is 0 Å². The molecule has 0 radical (unpaired) electrons. The first kappa shape index (κ1) is 18.0. The lowest BCUT2D eigenvalue weighted by atomic mass is 10.1. The Morgan fingerprint density at radius 3 is 2.77 bits per heavy atom. The largest absolute Gasteiger partial charge is 0.357 e. The van der Waals surface area contributed by atoms with Gasteiger partial charge in [0, 0.05) is 38.6 Å². The van der Waals surface area contributed by atoms with Gasteiger partial charge in [0.05, 0.1) is 0 Å². The van der Waals surface area contributed by atoms with Crippen LogP contribution in [0.2, 0.25) is 0 Å². The molecule has 0 bridgehead atoms. The van der Waals surface area contributed by atoms with Crippen molar-refractivity contribution in [3.63, 3.8) is 0 Å². The third-order valence-electron chi connectivity index (χ3n) is 4.24. The topological polar surface area (TPSA) is 54.2 Å². The van der Waals surface area contributed by atoms with Crippen LogP contribution in [0.5, 0.6) is 0 Å². The summed E-state index contributed by atoms with van der Waals surface area (Å²) in [5.41, 5.74) is 1.34. The smallest absolute Gasteiger partial charge is 0.191 e. The van der Waals surface area contributed by atoms with Crippen molar-refractivity contribution in [2.75, 3.05) is 19.6 Å². The molecule has 1 heterocycles. The van der Waals surface area contributed by atoms with Crippen LogP contribution in [0.15, 0.2) is 65.9 Å². The van der Waals surface area contributed by atoms with E-state index in [0.29, 0.717) is 0 Å². The maximum Gasteiger partial charge on any atom is 0.191 e. The highest BCUT2D eigenvalue weighted by molar-refractivity contribution is 5.83. The number of nitrogens with zero attached hydrogens (tertiary/aromatic N) is 3. The number of hydrogen-bond acceptors (Lipinski definition) is 2. The first-order valence-electron chi connectivity index (χ1n) is 9.32. The van der Waals surface area contributed by atoms with Crippen LogP contribution in [-0.4, -0.2) is 35.4 Å². The van der Waals surface area contributed by atoms with Crippen molar-refractivity contribution in [1.82, 2.24) is 20.4 Å². The first-order valence-corrected chi connectivity index (χ1v) is 9.32. The molecule has 26 heavy (non-hydrogen) atoms. The summed E-state index contributed by atoms with van der Waals surface area (Å²) in [7, 11) is 0. The van der Waals surface area contributed by atoms with E-state index in [1.54, 1.807) is 0 Å². The minimum Gasteiger partial charge on any atom is -0.357 e. The monoisotopic (exact) mass is 349 g/mol. The summed E-state index contributed by atoms with van der Waals surface area (Å²) >= 11 is 0. The van der Waals surface area contributed by atoms with E-state index >= 15 is 0 Å². The molecule has 0 saturated heterocycles. The van der Waals surface area contributed by atoms with Crippen LogP contribution in [0.1, 0.15) is 18.9 Å².